The largest absolute Gasteiger partial charge is 0.353 e. The fraction of sp³-hybridized carbons (Fsp3) is 0.333. The molecule has 1 N–H and O–H groups in total. The molecule has 3 heterocycles. The second-order valence-electron chi connectivity index (χ2n) is 6.65. The number of fused-ring (bicyclic) bond motifs is 1. The minimum Gasteiger partial charge on any atom is -0.353 e. The van der Waals surface area contributed by atoms with E-state index < -0.39 is 28.9 Å². The summed E-state index contributed by atoms with van der Waals surface area (Å²) < 4.78 is 42.0. The third kappa shape index (κ3) is 3.14. The van der Waals surface area contributed by atoms with Crippen LogP contribution in [0.1, 0.15) is 29.0 Å². The molecule has 0 aliphatic carbocycles. The van der Waals surface area contributed by atoms with Gasteiger partial charge in [-0.3, -0.25) is 9.20 Å². The van der Waals surface area contributed by atoms with Gasteiger partial charge in [0.05, 0.1) is 5.56 Å². The number of anilines is 1. The molecule has 28 heavy (non-hydrogen) atoms. The lowest BCUT2D eigenvalue weighted by atomic mass is 10.0. The van der Waals surface area contributed by atoms with Crippen LogP contribution in [0, 0.1) is 24.4 Å². The second-order valence-corrected chi connectivity index (χ2v) is 6.65. The number of nitrogens with one attached hydrogen (secondary N) is 1. The fourth-order valence-electron chi connectivity index (χ4n) is 3.35. The Labute approximate surface area is 158 Å². The Morgan fingerprint density at radius 3 is 2.64 bits per heavy atom. The van der Waals surface area contributed by atoms with E-state index in [2.05, 4.69) is 20.5 Å². The topological polar surface area (TPSA) is 75.4 Å². The summed E-state index contributed by atoms with van der Waals surface area (Å²) in [5.41, 5.74) is 0.151. The van der Waals surface area contributed by atoms with E-state index in [1.54, 1.807) is 12.4 Å². The minimum atomic E-state index is -1.65. The van der Waals surface area contributed by atoms with Crippen molar-refractivity contribution in [2.45, 2.75) is 25.8 Å². The van der Waals surface area contributed by atoms with Gasteiger partial charge in [-0.05, 0) is 31.9 Å². The van der Waals surface area contributed by atoms with Gasteiger partial charge in [-0.15, -0.1) is 10.2 Å². The predicted octanol–water partition coefficient (Wildman–Crippen LogP) is 2.25. The molecule has 10 heteroatoms. The first kappa shape index (κ1) is 18.2. The van der Waals surface area contributed by atoms with Crippen LogP contribution in [0.4, 0.5) is 19.0 Å². The normalized spacial score (nSPS) is 15.2. The van der Waals surface area contributed by atoms with Crippen LogP contribution in [0.15, 0.2) is 24.5 Å². The number of hydrogen-bond donors (Lipinski definition) is 1. The van der Waals surface area contributed by atoms with Crippen molar-refractivity contribution in [1.29, 1.82) is 0 Å². The monoisotopic (exact) mass is 390 g/mol. The number of amides is 1. The number of halogens is 3. The third-order valence-electron chi connectivity index (χ3n) is 4.89. The maximum Gasteiger partial charge on any atom is 0.254 e. The van der Waals surface area contributed by atoms with Crippen molar-refractivity contribution in [2.24, 2.45) is 0 Å². The minimum absolute atomic E-state index is 0.212. The van der Waals surface area contributed by atoms with Gasteiger partial charge in [0.25, 0.3) is 5.91 Å². The summed E-state index contributed by atoms with van der Waals surface area (Å²) in [5, 5.41) is 10.9. The van der Waals surface area contributed by atoms with Crippen molar-refractivity contribution in [1.82, 2.24) is 24.9 Å². The van der Waals surface area contributed by atoms with E-state index in [-0.39, 0.29) is 6.04 Å². The summed E-state index contributed by atoms with van der Waals surface area (Å²) in [5.74, 6) is -3.75. The Morgan fingerprint density at radius 2 is 1.89 bits per heavy atom. The van der Waals surface area contributed by atoms with Crippen molar-refractivity contribution < 1.29 is 18.0 Å². The maximum atomic E-state index is 13.8. The second kappa shape index (κ2) is 7.10. The average molecular weight is 390 g/mol. The number of carbonyl (C=O) groups excluding carboxylic acids is 1. The molecule has 0 unspecified atom stereocenters. The van der Waals surface area contributed by atoms with Gasteiger partial charge in [0, 0.05) is 31.5 Å². The van der Waals surface area contributed by atoms with Gasteiger partial charge in [0.2, 0.25) is 5.65 Å². The van der Waals surface area contributed by atoms with Crippen LogP contribution in [-0.2, 0) is 0 Å². The molecule has 1 fully saturated rings. The van der Waals surface area contributed by atoms with Gasteiger partial charge in [-0.2, -0.15) is 0 Å². The summed E-state index contributed by atoms with van der Waals surface area (Å²) in [6, 6.07) is 1.47. The quantitative estimate of drug-likeness (QED) is 0.695. The van der Waals surface area contributed by atoms with Crippen LogP contribution in [0.2, 0.25) is 0 Å². The molecule has 0 saturated carbocycles. The highest BCUT2D eigenvalue weighted by Crippen LogP contribution is 2.22. The van der Waals surface area contributed by atoms with E-state index in [0.29, 0.717) is 37.4 Å². The van der Waals surface area contributed by atoms with Crippen molar-refractivity contribution in [3.8, 4) is 0 Å². The van der Waals surface area contributed by atoms with Crippen LogP contribution in [0.5, 0.6) is 0 Å². The Morgan fingerprint density at radius 1 is 1.14 bits per heavy atom. The summed E-state index contributed by atoms with van der Waals surface area (Å²) in [6.07, 6.45) is 4.65. The number of aromatic nitrogens is 4. The van der Waals surface area contributed by atoms with Gasteiger partial charge in [-0.25, -0.2) is 18.2 Å². The summed E-state index contributed by atoms with van der Waals surface area (Å²) in [4.78, 5) is 18.7. The van der Waals surface area contributed by atoms with Crippen molar-refractivity contribution in [2.75, 3.05) is 18.0 Å². The molecule has 1 saturated heterocycles. The zero-order chi connectivity index (χ0) is 19.8. The van der Waals surface area contributed by atoms with Crippen LogP contribution in [0.3, 0.4) is 0 Å². The number of carbonyl (C=O) groups is 1. The molecule has 0 radical (unpaired) electrons. The number of benzene rings is 1. The maximum absolute atomic E-state index is 13.8. The Bertz CT molecular complexity index is 1050. The summed E-state index contributed by atoms with van der Waals surface area (Å²) in [6.45, 7) is 3.05. The molecule has 0 spiro atoms. The zero-order valence-corrected chi connectivity index (χ0v) is 15.0. The van der Waals surface area contributed by atoms with Gasteiger partial charge >= 0.3 is 0 Å². The van der Waals surface area contributed by atoms with Crippen LogP contribution >= 0.6 is 0 Å². The molecule has 3 aromatic rings. The standard InChI is InChI=1S/C18H17F3N6O/c1-10-24-25-17-16(22-6-9-27(10)17)26-7-4-11(5-8-26)23-18(28)12-2-3-13(19)15(21)14(12)20/h2-3,6,9,11H,4-5,7-8H2,1H3,(H,23,28). The highest BCUT2D eigenvalue weighted by molar-refractivity contribution is 5.94. The molecule has 2 aromatic heterocycles. The number of piperidine rings is 1. The molecule has 1 aliphatic heterocycles. The molecule has 1 aromatic carbocycles. The van der Waals surface area contributed by atoms with Crippen molar-refractivity contribution in [3.63, 3.8) is 0 Å². The first-order valence-electron chi connectivity index (χ1n) is 8.81. The van der Waals surface area contributed by atoms with E-state index in [1.807, 2.05) is 16.2 Å². The third-order valence-corrected chi connectivity index (χ3v) is 4.89. The van der Waals surface area contributed by atoms with Gasteiger partial charge < -0.3 is 10.2 Å². The van der Waals surface area contributed by atoms with Crippen molar-refractivity contribution >= 4 is 17.4 Å². The van der Waals surface area contributed by atoms with Gasteiger partial charge in [0.1, 0.15) is 5.82 Å². The van der Waals surface area contributed by atoms with E-state index >= 15 is 0 Å². The van der Waals surface area contributed by atoms with E-state index in [1.165, 1.54) is 0 Å². The molecule has 146 valence electrons. The Hall–Kier alpha value is -3.17. The Balaban J connectivity index is 1.43. The summed E-state index contributed by atoms with van der Waals surface area (Å²) >= 11 is 0. The SMILES string of the molecule is Cc1nnc2c(N3CCC(NC(=O)c4ccc(F)c(F)c4F)CC3)nccn12. The molecule has 0 bridgehead atoms. The van der Waals surface area contributed by atoms with Crippen LogP contribution < -0.4 is 10.2 Å². The highest BCUT2D eigenvalue weighted by Gasteiger charge is 2.26. The molecule has 0 atom stereocenters. The van der Waals surface area contributed by atoms with E-state index in [4.69, 9.17) is 0 Å². The first-order valence-corrected chi connectivity index (χ1v) is 8.81. The smallest absolute Gasteiger partial charge is 0.254 e. The van der Waals surface area contributed by atoms with E-state index in [0.717, 1.165) is 18.0 Å². The molecule has 1 amide bonds. The van der Waals surface area contributed by atoms with Gasteiger partial charge in [-0.1, -0.05) is 0 Å². The lowest BCUT2D eigenvalue weighted by Gasteiger charge is -2.33. The molecular formula is C18H17F3N6O. The lowest BCUT2D eigenvalue weighted by molar-refractivity contribution is 0.0925. The number of aryl methyl sites for hydroxylation is 1. The first-order chi connectivity index (χ1) is 13.5. The van der Waals surface area contributed by atoms with Gasteiger partial charge in [0.15, 0.2) is 23.3 Å². The molecule has 1 aliphatic rings. The zero-order valence-electron chi connectivity index (χ0n) is 15.0. The van der Waals surface area contributed by atoms with Crippen LogP contribution in [0.25, 0.3) is 5.65 Å². The van der Waals surface area contributed by atoms with E-state index in [9.17, 15) is 18.0 Å². The molecule has 4 rings (SSSR count). The van der Waals surface area contributed by atoms with Crippen molar-refractivity contribution in [3.05, 3.63) is 53.4 Å². The number of rotatable bonds is 3. The van der Waals surface area contributed by atoms with Crippen LogP contribution in [-0.4, -0.2) is 44.6 Å². The summed E-state index contributed by atoms with van der Waals surface area (Å²) in [7, 11) is 0. The lowest BCUT2D eigenvalue weighted by Crippen LogP contribution is -2.45. The number of hydrogen-bond acceptors (Lipinski definition) is 5. The average Bonchev–Trinajstić information content (AvgIpc) is 3.08. The highest BCUT2D eigenvalue weighted by atomic mass is 19.2. The predicted molar refractivity (Wildman–Crippen MR) is 94.5 cm³/mol. The molecular weight excluding hydrogens is 373 g/mol. The Kier molecular flexibility index (Phi) is 4.62. The molecule has 7 nitrogen and oxygen atoms in total. The number of nitrogens with zero attached hydrogens (tertiary/aromatic N) is 5. The fourth-order valence-corrected chi connectivity index (χ4v) is 3.35.